The SMILES string of the molecule is COCC1CCN(S(=O)(=O)c2ccc(NN)nc2)CC1. The maximum Gasteiger partial charge on any atom is 0.244 e. The van der Waals surface area contributed by atoms with Crippen molar-refractivity contribution >= 4 is 15.8 Å². The number of aromatic nitrogens is 1. The van der Waals surface area contributed by atoms with Gasteiger partial charge in [0, 0.05) is 33.0 Å². The third-order valence-electron chi connectivity index (χ3n) is 3.50. The van der Waals surface area contributed by atoms with E-state index in [1.54, 1.807) is 13.2 Å². The number of nitrogens with two attached hydrogens (primary N) is 1. The van der Waals surface area contributed by atoms with Crippen molar-refractivity contribution in [2.75, 3.05) is 32.2 Å². The zero-order valence-corrected chi connectivity index (χ0v) is 12.3. The number of methoxy groups -OCH3 is 1. The molecule has 0 aliphatic carbocycles. The van der Waals surface area contributed by atoms with Crippen LogP contribution in [0.4, 0.5) is 5.82 Å². The van der Waals surface area contributed by atoms with Gasteiger partial charge in [0.25, 0.3) is 0 Å². The van der Waals surface area contributed by atoms with E-state index < -0.39 is 10.0 Å². The molecule has 1 aromatic heterocycles. The molecule has 1 aliphatic rings. The van der Waals surface area contributed by atoms with E-state index in [1.807, 2.05) is 0 Å². The normalized spacial score (nSPS) is 18.1. The quantitative estimate of drug-likeness (QED) is 0.604. The average molecular weight is 300 g/mol. The Labute approximate surface area is 119 Å². The molecule has 20 heavy (non-hydrogen) atoms. The van der Waals surface area contributed by atoms with E-state index in [9.17, 15) is 8.42 Å². The molecule has 1 saturated heterocycles. The minimum atomic E-state index is -3.46. The lowest BCUT2D eigenvalue weighted by molar-refractivity contribution is 0.121. The average Bonchev–Trinajstić information content (AvgIpc) is 2.48. The first-order valence-electron chi connectivity index (χ1n) is 6.49. The van der Waals surface area contributed by atoms with Crippen LogP contribution in [0.5, 0.6) is 0 Å². The summed E-state index contributed by atoms with van der Waals surface area (Å²) in [6.07, 6.45) is 2.97. The Kier molecular flexibility index (Phi) is 4.92. The lowest BCUT2D eigenvalue weighted by atomic mass is 9.99. The Morgan fingerprint density at radius 3 is 2.65 bits per heavy atom. The molecule has 0 saturated carbocycles. The molecule has 112 valence electrons. The summed E-state index contributed by atoms with van der Waals surface area (Å²) in [5.41, 5.74) is 2.37. The van der Waals surface area contributed by atoms with Crippen LogP contribution in [0.2, 0.25) is 0 Å². The van der Waals surface area contributed by atoms with Crippen LogP contribution in [-0.4, -0.2) is 44.5 Å². The van der Waals surface area contributed by atoms with E-state index in [0.717, 1.165) is 12.8 Å². The minimum absolute atomic E-state index is 0.196. The second-order valence-corrected chi connectivity index (χ2v) is 6.76. The van der Waals surface area contributed by atoms with Crippen LogP contribution in [0, 0.1) is 5.92 Å². The van der Waals surface area contributed by atoms with Gasteiger partial charge < -0.3 is 10.2 Å². The van der Waals surface area contributed by atoms with Crippen molar-refractivity contribution in [1.82, 2.24) is 9.29 Å². The number of piperidine rings is 1. The van der Waals surface area contributed by atoms with Crippen LogP contribution in [0.25, 0.3) is 0 Å². The fourth-order valence-electron chi connectivity index (χ4n) is 2.32. The lowest BCUT2D eigenvalue weighted by Crippen LogP contribution is -2.39. The number of hydrogen-bond donors (Lipinski definition) is 2. The topological polar surface area (TPSA) is 97.5 Å². The van der Waals surface area contributed by atoms with Crippen molar-refractivity contribution in [1.29, 1.82) is 0 Å². The van der Waals surface area contributed by atoms with Gasteiger partial charge in [-0.25, -0.2) is 19.2 Å². The summed E-state index contributed by atoms with van der Waals surface area (Å²) in [6, 6.07) is 3.06. The highest BCUT2D eigenvalue weighted by molar-refractivity contribution is 7.89. The first kappa shape index (κ1) is 15.2. The number of nitrogens with zero attached hydrogens (tertiary/aromatic N) is 2. The van der Waals surface area contributed by atoms with Crippen LogP contribution in [-0.2, 0) is 14.8 Å². The van der Waals surface area contributed by atoms with E-state index in [2.05, 4.69) is 10.4 Å². The van der Waals surface area contributed by atoms with Crippen molar-refractivity contribution in [3.63, 3.8) is 0 Å². The number of nitrogen functional groups attached to an aromatic ring is 1. The third-order valence-corrected chi connectivity index (χ3v) is 5.38. The number of hydrogen-bond acceptors (Lipinski definition) is 6. The van der Waals surface area contributed by atoms with Crippen molar-refractivity contribution in [2.45, 2.75) is 17.7 Å². The summed E-state index contributed by atoms with van der Waals surface area (Å²) in [5.74, 6) is 6.08. The number of nitrogens with one attached hydrogen (secondary N) is 1. The van der Waals surface area contributed by atoms with Gasteiger partial charge in [0.05, 0.1) is 0 Å². The molecule has 8 heteroatoms. The van der Waals surface area contributed by atoms with Gasteiger partial charge >= 0.3 is 0 Å². The number of anilines is 1. The van der Waals surface area contributed by atoms with E-state index in [1.165, 1.54) is 16.6 Å². The molecule has 1 aliphatic heterocycles. The van der Waals surface area contributed by atoms with Gasteiger partial charge in [0.2, 0.25) is 10.0 Å². The summed E-state index contributed by atoms with van der Waals surface area (Å²) in [7, 11) is -1.80. The highest BCUT2D eigenvalue weighted by Gasteiger charge is 2.29. The second-order valence-electron chi connectivity index (χ2n) is 4.83. The Bertz CT molecular complexity index is 524. The van der Waals surface area contributed by atoms with Crippen molar-refractivity contribution in [2.24, 2.45) is 11.8 Å². The maximum absolute atomic E-state index is 12.5. The van der Waals surface area contributed by atoms with Crippen LogP contribution in [0.3, 0.4) is 0 Å². The van der Waals surface area contributed by atoms with Crippen LogP contribution >= 0.6 is 0 Å². The molecule has 1 aromatic rings. The van der Waals surface area contributed by atoms with Gasteiger partial charge in [-0.2, -0.15) is 4.31 Å². The third kappa shape index (κ3) is 3.26. The highest BCUT2D eigenvalue weighted by atomic mass is 32.2. The Morgan fingerprint density at radius 1 is 1.45 bits per heavy atom. The molecule has 0 radical (unpaired) electrons. The summed E-state index contributed by atoms with van der Waals surface area (Å²) in [4.78, 5) is 4.14. The fourth-order valence-corrected chi connectivity index (χ4v) is 3.73. The van der Waals surface area contributed by atoms with E-state index in [4.69, 9.17) is 10.6 Å². The first-order chi connectivity index (χ1) is 9.57. The number of sulfonamides is 1. The molecule has 2 heterocycles. The monoisotopic (exact) mass is 300 g/mol. The fraction of sp³-hybridized carbons (Fsp3) is 0.583. The summed E-state index contributed by atoms with van der Waals surface area (Å²) in [5, 5.41) is 0. The molecular formula is C12H20N4O3S. The summed E-state index contributed by atoms with van der Waals surface area (Å²) >= 11 is 0. The molecule has 2 rings (SSSR count). The molecule has 0 spiro atoms. The predicted molar refractivity (Wildman–Crippen MR) is 75.4 cm³/mol. The summed E-state index contributed by atoms with van der Waals surface area (Å²) in [6.45, 7) is 1.73. The number of rotatable bonds is 5. The standard InChI is InChI=1S/C12H20N4O3S/c1-19-9-10-4-6-16(7-5-10)20(17,18)11-2-3-12(15-13)14-8-11/h2-3,8,10H,4-7,9,13H2,1H3,(H,14,15). The minimum Gasteiger partial charge on any atom is -0.384 e. The number of hydrazine groups is 1. The van der Waals surface area contributed by atoms with Crippen molar-refractivity contribution < 1.29 is 13.2 Å². The Morgan fingerprint density at radius 2 is 2.15 bits per heavy atom. The smallest absolute Gasteiger partial charge is 0.244 e. The largest absolute Gasteiger partial charge is 0.384 e. The zero-order valence-electron chi connectivity index (χ0n) is 11.4. The molecule has 7 nitrogen and oxygen atoms in total. The first-order valence-corrected chi connectivity index (χ1v) is 7.93. The maximum atomic E-state index is 12.5. The van der Waals surface area contributed by atoms with Crippen LogP contribution in [0.15, 0.2) is 23.2 Å². The number of ether oxygens (including phenoxy) is 1. The van der Waals surface area contributed by atoms with E-state index in [0.29, 0.717) is 31.4 Å². The highest BCUT2D eigenvalue weighted by Crippen LogP contribution is 2.23. The predicted octanol–water partition coefficient (Wildman–Crippen LogP) is 0.414. The second kappa shape index (κ2) is 6.49. The molecule has 1 fully saturated rings. The number of pyridine rings is 1. The lowest BCUT2D eigenvalue weighted by Gasteiger charge is -2.30. The van der Waals surface area contributed by atoms with Crippen LogP contribution < -0.4 is 11.3 Å². The molecule has 3 N–H and O–H groups in total. The zero-order chi connectivity index (χ0) is 14.6. The van der Waals surface area contributed by atoms with Gasteiger partial charge in [0.15, 0.2) is 0 Å². The molecular weight excluding hydrogens is 280 g/mol. The van der Waals surface area contributed by atoms with E-state index >= 15 is 0 Å². The van der Waals surface area contributed by atoms with Crippen LogP contribution in [0.1, 0.15) is 12.8 Å². The van der Waals surface area contributed by atoms with Crippen molar-refractivity contribution in [3.05, 3.63) is 18.3 Å². The summed E-state index contributed by atoms with van der Waals surface area (Å²) < 4.78 is 31.5. The van der Waals surface area contributed by atoms with Crippen molar-refractivity contribution in [3.8, 4) is 0 Å². The van der Waals surface area contributed by atoms with Gasteiger partial charge in [-0.1, -0.05) is 0 Å². The Balaban J connectivity index is 2.07. The molecule has 0 aromatic carbocycles. The van der Waals surface area contributed by atoms with Gasteiger partial charge in [-0.15, -0.1) is 0 Å². The molecule has 0 atom stereocenters. The molecule has 0 amide bonds. The van der Waals surface area contributed by atoms with Gasteiger partial charge in [0.1, 0.15) is 10.7 Å². The van der Waals surface area contributed by atoms with E-state index in [-0.39, 0.29) is 4.90 Å². The van der Waals surface area contributed by atoms with Gasteiger partial charge in [-0.3, -0.25) is 0 Å². The molecule has 0 bridgehead atoms. The molecule has 0 unspecified atom stereocenters. The Hall–Kier alpha value is -1.22. The van der Waals surface area contributed by atoms with Gasteiger partial charge in [-0.05, 0) is 30.9 Å².